The van der Waals surface area contributed by atoms with Crippen LogP contribution in [0.3, 0.4) is 0 Å². The third-order valence-corrected chi connectivity index (χ3v) is 4.85. The summed E-state index contributed by atoms with van der Waals surface area (Å²) in [5.74, 6) is 0. The Morgan fingerprint density at radius 3 is 2.78 bits per heavy atom. The van der Waals surface area contributed by atoms with Crippen molar-refractivity contribution in [2.45, 2.75) is 31.9 Å². The van der Waals surface area contributed by atoms with Crippen molar-refractivity contribution in [3.63, 3.8) is 0 Å². The lowest BCUT2D eigenvalue weighted by molar-refractivity contribution is 0.00582. The average molecular weight is 333 g/mol. The Kier molecular flexibility index (Phi) is 6.11. The molecule has 1 fully saturated rings. The summed E-state index contributed by atoms with van der Waals surface area (Å²) in [7, 11) is 0. The number of thiophene rings is 1. The number of likely N-dealkylation sites (tertiary alicyclic amines) is 1. The average Bonchev–Trinajstić information content (AvgIpc) is 2.77. The highest BCUT2D eigenvalue weighted by Crippen LogP contribution is 2.24. The molecule has 1 aromatic rings. The lowest BCUT2D eigenvalue weighted by atomic mass is 10.1. The number of nitrogens with zero attached hydrogens (tertiary/aromatic N) is 1. The van der Waals surface area contributed by atoms with E-state index >= 15 is 0 Å². The molecule has 5 heteroatoms. The fraction of sp³-hybridized carbons (Fsp3) is 0.692. The van der Waals surface area contributed by atoms with Crippen molar-refractivity contribution in [1.82, 2.24) is 4.90 Å². The van der Waals surface area contributed by atoms with E-state index in [-0.39, 0.29) is 0 Å². The van der Waals surface area contributed by atoms with Gasteiger partial charge in [0.05, 0.1) is 9.89 Å². The largest absolute Gasteiger partial charge is 0.378 e. The van der Waals surface area contributed by atoms with Crippen LogP contribution >= 0.6 is 27.3 Å². The van der Waals surface area contributed by atoms with Crippen molar-refractivity contribution in [1.29, 1.82) is 0 Å². The molecule has 18 heavy (non-hydrogen) atoms. The van der Waals surface area contributed by atoms with E-state index < -0.39 is 0 Å². The summed E-state index contributed by atoms with van der Waals surface area (Å²) in [6.07, 6.45) is 3.72. The Morgan fingerprint density at radius 1 is 1.39 bits per heavy atom. The van der Waals surface area contributed by atoms with Crippen LogP contribution in [0.15, 0.2) is 15.9 Å². The lowest BCUT2D eigenvalue weighted by Crippen LogP contribution is -2.36. The molecule has 2 N–H and O–H groups in total. The first-order valence-corrected chi connectivity index (χ1v) is 8.17. The van der Waals surface area contributed by atoms with Crippen LogP contribution in [0.2, 0.25) is 0 Å². The molecule has 0 unspecified atom stereocenters. The molecular weight excluding hydrogens is 312 g/mol. The van der Waals surface area contributed by atoms with Gasteiger partial charge in [-0.05, 0) is 53.9 Å². The molecule has 102 valence electrons. The molecule has 0 aliphatic carbocycles. The summed E-state index contributed by atoms with van der Waals surface area (Å²) < 4.78 is 7.03. The molecule has 0 saturated carbocycles. The number of hydrogen-bond donors (Lipinski definition) is 1. The number of hydrogen-bond acceptors (Lipinski definition) is 4. The van der Waals surface area contributed by atoms with Crippen LogP contribution in [-0.2, 0) is 11.3 Å². The van der Waals surface area contributed by atoms with E-state index in [4.69, 9.17) is 10.5 Å². The first kappa shape index (κ1) is 14.5. The highest BCUT2D eigenvalue weighted by molar-refractivity contribution is 9.11. The van der Waals surface area contributed by atoms with Crippen molar-refractivity contribution < 1.29 is 4.74 Å². The number of piperidine rings is 1. The summed E-state index contributed by atoms with van der Waals surface area (Å²) in [6, 6.07) is 4.33. The minimum absolute atomic E-state index is 0.447. The first-order chi connectivity index (χ1) is 8.78. The molecule has 0 aromatic carbocycles. The molecule has 0 atom stereocenters. The van der Waals surface area contributed by atoms with E-state index in [9.17, 15) is 0 Å². The van der Waals surface area contributed by atoms with Crippen LogP contribution in [-0.4, -0.2) is 37.2 Å². The van der Waals surface area contributed by atoms with Gasteiger partial charge in [-0.2, -0.15) is 0 Å². The second-order valence-corrected chi connectivity index (χ2v) is 7.24. The molecule has 0 amide bonds. The number of halogens is 1. The zero-order valence-electron chi connectivity index (χ0n) is 10.6. The second-order valence-electron chi connectivity index (χ2n) is 4.69. The monoisotopic (exact) mass is 332 g/mol. The Balaban J connectivity index is 1.67. The van der Waals surface area contributed by atoms with Crippen molar-refractivity contribution in [3.05, 3.63) is 20.8 Å². The van der Waals surface area contributed by atoms with Gasteiger partial charge in [0.2, 0.25) is 0 Å². The van der Waals surface area contributed by atoms with Gasteiger partial charge < -0.3 is 10.5 Å². The minimum atomic E-state index is 0.447. The maximum atomic E-state index is 5.81. The highest BCUT2D eigenvalue weighted by Gasteiger charge is 2.19. The Labute approximate surface area is 121 Å². The number of nitrogens with two attached hydrogens (primary N) is 1. The summed E-state index contributed by atoms with van der Waals surface area (Å²) >= 11 is 5.34. The molecule has 2 rings (SSSR count). The quantitative estimate of drug-likeness (QED) is 0.814. The molecule has 0 bridgehead atoms. The third kappa shape index (κ3) is 4.63. The Morgan fingerprint density at radius 2 is 2.17 bits per heavy atom. The second kappa shape index (κ2) is 7.60. The third-order valence-electron chi connectivity index (χ3n) is 3.24. The minimum Gasteiger partial charge on any atom is -0.378 e. The van der Waals surface area contributed by atoms with E-state index in [2.05, 4.69) is 33.0 Å². The van der Waals surface area contributed by atoms with Gasteiger partial charge in [-0.15, -0.1) is 11.3 Å². The first-order valence-electron chi connectivity index (χ1n) is 6.56. The van der Waals surface area contributed by atoms with Crippen molar-refractivity contribution in [2.24, 2.45) is 5.73 Å². The molecule has 2 heterocycles. The van der Waals surface area contributed by atoms with Crippen LogP contribution in [0.5, 0.6) is 0 Å². The van der Waals surface area contributed by atoms with Gasteiger partial charge in [0.25, 0.3) is 0 Å². The standard InChI is InChI=1S/C13H21BrN2OS/c14-13-3-2-12(18-13)10-16-7-4-11(5-8-16)17-9-1-6-15/h2-3,11H,1,4-10,15H2. The molecular formula is C13H21BrN2OS. The van der Waals surface area contributed by atoms with Gasteiger partial charge in [0.1, 0.15) is 0 Å². The maximum Gasteiger partial charge on any atom is 0.0701 e. The van der Waals surface area contributed by atoms with Gasteiger partial charge in [-0.1, -0.05) is 0 Å². The zero-order valence-corrected chi connectivity index (χ0v) is 13.0. The van der Waals surface area contributed by atoms with Gasteiger partial charge in [-0.25, -0.2) is 0 Å². The fourth-order valence-corrected chi connectivity index (χ4v) is 3.75. The lowest BCUT2D eigenvalue weighted by Gasteiger charge is -2.31. The highest BCUT2D eigenvalue weighted by atomic mass is 79.9. The molecule has 0 radical (unpaired) electrons. The molecule has 1 aliphatic rings. The van der Waals surface area contributed by atoms with Crippen LogP contribution < -0.4 is 5.73 Å². The molecule has 1 aliphatic heterocycles. The maximum absolute atomic E-state index is 5.81. The zero-order chi connectivity index (χ0) is 12.8. The van der Waals surface area contributed by atoms with E-state index in [1.165, 1.54) is 8.66 Å². The van der Waals surface area contributed by atoms with Crippen molar-refractivity contribution in [2.75, 3.05) is 26.2 Å². The van der Waals surface area contributed by atoms with Crippen LogP contribution in [0.4, 0.5) is 0 Å². The van der Waals surface area contributed by atoms with Crippen molar-refractivity contribution in [3.8, 4) is 0 Å². The molecule has 1 aromatic heterocycles. The van der Waals surface area contributed by atoms with Crippen LogP contribution in [0.25, 0.3) is 0 Å². The van der Waals surface area contributed by atoms with Crippen LogP contribution in [0, 0.1) is 0 Å². The Hall–Kier alpha value is 0.0600. The van der Waals surface area contributed by atoms with Gasteiger partial charge in [0, 0.05) is 31.1 Å². The topological polar surface area (TPSA) is 38.5 Å². The fourth-order valence-electron chi connectivity index (χ4n) is 2.22. The van der Waals surface area contributed by atoms with E-state index in [0.717, 1.165) is 52.0 Å². The molecule has 1 saturated heterocycles. The van der Waals surface area contributed by atoms with Crippen molar-refractivity contribution >= 4 is 27.3 Å². The van der Waals surface area contributed by atoms with Gasteiger partial charge >= 0.3 is 0 Å². The molecule has 3 nitrogen and oxygen atoms in total. The predicted molar refractivity (Wildman–Crippen MR) is 79.9 cm³/mol. The van der Waals surface area contributed by atoms with E-state index in [0.29, 0.717) is 6.10 Å². The number of rotatable bonds is 6. The van der Waals surface area contributed by atoms with Crippen LogP contribution in [0.1, 0.15) is 24.1 Å². The smallest absolute Gasteiger partial charge is 0.0701 e. The predicted octanol–water partition coefficient (Wildman–Crippen LogP) is 2.84. The van der Waals surface area contributed by atoms with E-state index in [1.807, 2.05) is 11.3 Å². The van der Waals surface area contributed by atoms with Gasteiger partial charge in [0.15, 0.2) is 0 Å². The summed E-state index contributed by atoms with van der Waals surface area (Å²) in [6.45, 7) is 4.91. The molecule has 0 spiro atoms. The van der Waals surface area contributed by atoms with Gasteiger partial charge in [-0.3, -0.25) is 4.90 Å². The van der Waals surface area contributed by atoms with E-state index in [1.54, 1.807) is 0 Å². The SMILES string of the molecule is NCCCOC1CCN(Cc2ccc(Br)s2)CC1. The Bertz CT molecular complexity index is 351. The number of ether oxygens (including phenoxy) is 1. The summed E-state index contributed by atoms with van der Waals surface area (Å²) in [5, 5.41) is 0. The normalized spacial score (nSPS) is 18.3. The summed E-state index contributed by atoms with van der Waals surface area (Å²) in [4.78, 5) is 3.95. The summed E-state index contributed by atoms with van der Waals surface area (Å²) in [5.41, 5.74) is 5.46.